The lowest BCUT2D eigenvalue weighted by Crippen LogP contribution is -2.57. The summed E-state index contributed by atoms with van der Waals surface area (Å²) in [6, 6.07) is 2.68. The highest BCUT2D eigenvalue weighted by Gasteiger charge is 2.33. The number of alkyl halides is 3. The molecule has 1 N–H and O–H groups in total. The van der Waals surface area contributed by atoms with Crippen molar-refractivity contribution in [2.24, 2.45) is 0 Å². The molecule has 0 unspecified atom stereocenters. The molecule has 1 aromatic heterocycles. The normalized spacial score (nSPS) is 16.4. The van der Waals surface area contributed by atoms with Gasteiger partial charge >= 0.3 is 6.18 Å². The second-order valence-corrected chi connectivity index (χ2v) is 4.28. The molecule has 100 valence electrons. The summed E-state index contributed by atoms with van der Waals surface area (Å²) in [6.45, 7) is 4.47. The van der Waals surface area contributed by atoms with Crippen LogP contribution in [0.25, 0.3) is 0 Å². The van der Waals surface area contributed by atoms with Crippen LogP contribution in [0.3, 0.4) is 0 Å². The summed E-state index contributed by atoms with van der Waals surface area (Å²) < 4.78 is 37.1. The second-order valence-electron chi connectivity index (χ2n) is 4.28. The predicted octanol–water partition coefficient (Wildman–Crippen LogP) is 1.68. The zero-order chi connectivity index (χ0) is 13.2. The molecule has 0 saturated carbocycles. The van der Waals surface area contributed by atoms with Crippen molar-refractivity contribution in [1.29, 1.82) is 0 Å². The first-order valence-corrected chi connectivity index (χ1v) is 5.90. The molecule has 0 aromatic carbocycles. The molecule has 1 saturated heterocycles. The number of aromatic nitrogens is 2. The van der Waals surface area contributed by atoms with Crippen LogP contribution in [-0.2, 0) is 6.18 Å². The third kappa shape index (κ3) is 2.72. The van der Waals surface area contributed by atoms with Gasteiger partial charge in [-0.3, -0.25) is 0 Å². The maximum Gasteiger partial charge on any atom is 0.435 e. The lowest BCUT2D eigenvalue weighted by atomic mass is 10.1. The average molecular weight is 260 g/mol. The molecular formula is C11H15F3N4. The largest absolute Gasteiger partial charge is 0.435 e. The first-order chi connectivity index (χ1) is 8.52. The third-order valence-corrected chi connectivity index (χ3v) is 2.90. The van der Waals surface area contributed by atoms with Gasteiger partial charge in [-0.2, -0.15) is 13.2 Å². The first kappa shape index (κ1) is 13.1. The van der Waals surface area contributed by atoms with E-state index in [1.807, 2.05) is 11.8 Å². The summed E-state index contributed by atoms with van der Waals surface area (Å²) >= 11 is 0. The third-order valence-electron chi connectivity index (χ3n) is 2.90. The quantitative estimate of drug-likeness (QED) is 0.894. The molecule has 1 fully saturated rings. The summed E-state index contributed by atoms with van der Waals surface area (Å²) in [5.74, 6) is 0.511. The second kappa shape index (κ2) is 5.09. The number of hydrogen-bond donors (Lipinski definition) is 1. The summed E-state index contributed by atoms with van der Waals surface area (Å²) in [6.07, 6.45) is -3.52. The molecule has 1 aliphatic rings. The Kier molecular flexibility index (Phi) is 3.70. The Morgan fingerprint density at radius 1 is 1.33 bits per heavy atom. The maximum atomic E-state index is 12.4. The Hall–Kier alpha value is -1.37. The van der Waals surface area contributed by atoms with E-state index in [0.29, 0.717) is 11.9 Å². The van der Waals surface area contributed by atoms with E-state index >= 15 is 0 Å². The van der Waals surface area contributed by atoms with Gasteiger partial charge in [0.05, 0.1) is 6.04 Å². The van der Waals surface area contributed by atoms with Crippen LogP contribution >= 0.6 is 0 Å². The smallest absolute Gasteiger partial charge is 0.350 e. The van der Waals surface area contributed by atoms with Crippen molar-refractivity contribution >= 4 is 5.82 Å². The molecule has 0 spiro atoms. The predicted molar refractivity (Wildman–Crippen MR) is 61.3 cm³/mol. The topological polar surface area (TPSA) is 41.1 Å². The van der Waals surface area contributed by atoms with Gasteiger partial charge < -0.3 is 10.2 Å². The van der Waals surface area contributed by atoms with Gasteiger partial charge in [-0.1, -0.05) is 6.92 Å². The standard InChI is InChI=1S/C11H15F3N4/c1-2-5-18(8-6-15-7-8)10-4-3-9(16-17-10)11(12,13)14/h3-4,8,15H,2,5-7H2,1H3. The van der Waals surface area contributed by atoms with Crippen LogP contribution in [0, 0.1) is 0 Å². The van der Waals surface area contributed by atoms with E-state index in [4.69, 9.17) is 0 Å². The highest BCUT2D eigenvalue weighted by Crippen LogP contribution is 2.28. The van der Waals surface area contributed by atoms with Crippen molar-refractivity contribution in [3.63, 3.8) is 0 Å². The average Bonchev–Trinajstić information content (AvgIpc) is 2.25. The molecule has 2 heterocycles. The molecule has 7 heteroatoms. The van der Waals surface area contributed by atoms with Crippen molar-refractivity contribution < 1.29 is 13.2 Å². The van der Waals surface area contributed by atoms with Gasteiger partial charge in [0.2, 0.25) is 0 Å². The van der Waals surface area contributed by atoms with E-state index < -0.39 is 11.9 Å². The molecule has 18 heavy (non-hydrogen) atoms. The first-order valence-electron chi connectivity index (χ1n) is 5.90. The van der Waals surface area contributed by atoms with Crippen LogP contribution in [0.15, 0.2) is 12.1 Å². The summed E-state index contributed by atoms with van der Waals surface area (Å²) in [7, 11) is 0. The number of nitrogens with zero attached hydrogens (tertiary/aromatic N) is 3. The Balaban J connectivity index is 2.15. The van der Waals surface area contributed by atoms with Gasteiger partial charge in [-0.15, -0.1) is 10.2 Å². The van der Waals surface area contributed by atoms with Gasteiger partial charge in [0.25, 0.3) is 0 Å². The summed E-state index contributed by atoms with van der Waals surface area (Å²) in [4.78, 5) is 2.00. The van der Waals surface area contributed by atoms with Gasteiger partial charge in [-0.25, -0.2) is 0 Å². The SMILES string of the molecule is CCCN(c1ccc(C(F)(F)F)nn1)C1CNC1. The van der Waals surface area contributed by atoms with E-state index in [1.165, 1.54) is 6.07 Å². The van der Waals surface area contributed by atoms with Crippen molar-refractivity contribution in [1.82, 2.24) is 15.5 Å². The van der Waals surface area contributed by atoms with Crippen molar-refractivity contribution in [2.45, 2.75) is 25.6 Å². The maximum absolute atomic E-state index is 12.4. The van der Waals surface area contributed by atoms with Crippen LogP contribution < -0.4 is 10.2 Å². The fraction of sp³-hybridized carbons (Fsp3) is 0.636. The minimum atomic E-state index is -4.43. The van der Waals surface area contributed by atoms with E-state index in [0.717, 1.165) is 32.1 Å². The molecule has 0 atom stereocenters. The Morgan fingerprint density at radius 3 is 2.44 bits per heavy atom. The van der Waals surface area contributed by atoms with Crippen LogP contribution in [-0.4, -0.2) is 35.9 Å². The van der Waals surface area contributed by atoms with Gasteiger partial charge in [0.1, 0.15) is 0 Å². The lowest BCUT2D eigenvalue weighted by molar-refractivity contribution is -0.141. The zero-order valence-electron chi connectivity index (χ0n) is 10.0. The highest BCUT2D eigenvalue weighted by atomic mass is 19.4. The molecule has 0 aliphatic carbocycles. The van der Waals surface area contributed by atoms with E-state index in [1.54, 1.807) is 0 Å². The zero-order valence-corrected chi connectivity index (χ0v) is 10.0. The van der Waals surface area contributed by atoms with Gasteiger partial charge in [-0.05, 0) is 18.6 Å². The van der Waals surface area contributed by atoms with Crippen molar-refractivity contribution in [3.8, 4) is 0 Å². The Morgan fingerprint density at radius 2 is 2.06 bits per heavy atom. The minimum absolute atomic E-state index is 0.302. The Bertz CT molecular complexity index is 386. The van der Waals surface area contributed by atoms with E-state index in [-0.39, 0.29) is 0 Å². The van der Waals surface area contributed by atoms with E-state index in [9.17, 15) is 13.2 Å². The van der Waals surface area contributed by atoms with Crippen molar-refractivity contribution in [3.05, 3.63) is 17.8 Å². The molecule has 0 amide bonds. The summed E-state index contributed by atoms with van der Waals surface area (Å²) in [5.41, 5.74) is -0.950. The molecule has 0 bridgehead atoms. The summed E-state index contributed by atoms with van der Waals surface area (Å²) in [5, 5.41) is 10.1. The molecule has 0 radical (unpaired) electrons. The number of anilines is 1. The number of halogens is 3. The fourth-order valence-electron chi connectivity index (χ4n) is 1.85. The number of hydrogen-bond acceptors (Lipinski definition) is 4. The molecule has 2 rings (SSSR count). The minimum Gasteiger partial charge on any atom is -0.350 e. The van der Waals surface area contributed by atoms with Crippen LogP contribution in [0.4, 0.5) is 19.0 Å². The molecule has 4 nitrogen and oxygen atoms in total. The number of nitrogens with one attached hydrogen (secondary N) is 1. The van der Waals surface area contributed by atoms with Gasteiger partial charge in [0, 0.05) is 19.6 Å². The Labute approximate surface area is 103 Å². The van der Waals surface area contributed by atoms with Crippen molar-refractivity contribution in [2.75, 3.05) is 24.5 Å². The van der Waals surface area contributed by atoms with Crippen LogP contribution in [0.1, 0.15) is 19.0 Å². The number of rotatable bonds is 4. The van der Waals surface area contributed by atoms with Gasteiger partial charge in [0.15, 0.2) is 11.5 Å². The molecule has 1 aliphatic heterocycles. The lowest BCUT2D eigenvalue weighted by Gasteiger charge is -2.38. The van der Waals surface area contributed by atoms with Crippen LogP contribution in [0.2, 0.25) is 0 Å². The molecule has 1 aromatic rings. The van der Waals surface area contributed by atoms with Crippen LogP contribution in [0.5, 0.6) is 0 Å². The molecular weight excluding hydrogens is 245 g/mol. The van der Waals surface area contributed by atoms with E-state index in [2.05, 4.69) is 15.5 Å². The monoisotopic (exact) mass is 260 g/mol. The highest BCUT2D eigenvalue weighted by molar-refractivity contribution is 5.40. The fourth-order valence-corrected chi connectivity index (χ4v) is 1.85.